The molecule has 0 aromatic heterocycles. The average Bonchev–Trinajstić information content (AvgIpc) is 3.28. The van der Waals surface area contributed by atoms with E-state index in [2.05, 4.69) is 0 Å². The summed E-state index contributed by atoms with van der Waals surface area (Å²) in [4.78, 5) is 0. The van der Waals surface area contributed by atoms with Crippen LogP contribution in [0.25, 0.3) is 0 Å². The summed E-state index contributed by atoms with van der Waals surface area (Å²) in [6.07, 6.45) is -17.2. The maximum atomic E-state index is 14.2. The molecule has 0 unspecified atom stereocenters. The van der Waals surface area contributed by atoms with Crippen molar-refractivity contribution in [2.24, 2.45) is 0 Å². The van der Waals surface area contributed by atoms with Gasteiger partial charge in [-0.05, 0) is 0 Å². The highest BCUT2D eigenvalue weighted by Gasteiger charge is 3.03. The molecular weight excluding hydrogens is 1480 g/mol. The molecule has 0 saturated heterocycles. The normalized spacial score (nSPS) is 17.5. The van der Waals surface area contributed by atoms with Crippen molar-refractivity contribution in [3.63, 3.8) is 0 Å². The van der Waals surface area contributed by atoms with Gasteiger partial charge in [0, 0.05) is 0 Å². The van der Waals surface area contributed by atoms with Gasteiger partial charge in [0.05, 0.1) is 13.1 Å². The van der Waals surface area contributed by atoms with Crippen LogP contribution < -0.4 is 5.32 Å². The lowest BCUT2D eigenvalue weighted by molar-refractivity contribution is -0.487. The molecule has 0 aliphatic heterocycles. The first-order chi connectivity index (χ1) is 37.2. The molecule has 1 N–H and O–H groups in total. The molecule has 0 atom stereocenters. The van der Waals surface area contributed by atoms with Crippen LogP contribution in [0.4, 0.5) is 255 Å². The van der Waals surface area contributed by atoms with Gasteiger partial charge in [-0.15, -0.1) is 0 Å². The monoisotopic (exact) mass is 1480 g/mol. The predicted octanol–water partition coefficient (Wildman–Crippen LogP) is 18.2. The van der Waals surface area contributed by atoms with Crippen LogP contribution in [0, 0.1) is 0 Å². The van der Waals surface area contributed by atoms with Crippen molar-refractivity contribution in [2.75, 3.05) is 13.1 Å². The van der Waals surface area contributed by atoms with E-state index in [9.17, 15) is 255 Å². The molecule has 0 aliphatic carbocycles. The van der Waals surface area contributed by atoms with E-state index in [0.29, 0.717) is 0 Å². The van der Waals surface area contributed by atoms with Crippen molar-refractivity contribution < 1.29 is 255 Å². The van der Waals surface area contributed by atoms with Crippen molar-refractivity contribution in [3.8, 4) is 0 Å². The van der Waals surface area contributed by atoms with E-state index in [1.807, 2.05) is 0 Å². The molecule has 89 heavy (non-hydrogen) atoms. The van der Waals surface area contributed by atoms with Crippen LogP contribution in [0.3, 0.4) is 0 Å². The molecule has 0 radical (unpaired) electrons. The third-order valence-corrected chi connectivity index (χ3v) is 11.0. The first-order valence-corrected chi connectivity index (χ1v) is 18.9. The van der Waals surface area contributed by atoms with E-state index < -0.39 is 185 Å². The summed E-state index contributed by atoms with van der Waals surface area (Å²) in [6.45, 7) is -10.2. The van der Waals surface area contributed by atoms with E-state index in [4.69, 9.17) is 0 Å². The minimum Gasteiger partial charge on any atom is -0.305 e. The van der Waals surface area contributed by atoms with Gasteiger partial charge >= 0.3 is 166 Å². The molecule has 1 nitrogen and oxygen atoms in total. The van der Waals surface area contributed by atoms with Crippen molar-refractivity contribution in [2.45, 2.75) is 166 Å². The number of nitrogens with one attached hydrogen (secondary N) is 1. The van der Waals surface area contributed by atoms with E-state index in [0.717, 1.165) is 0 Å². The largest absolute Gasteiger partial charge is 0.460 e. The van der Waals surface area contributed by atoms with Crippen molar-refractivity contribution in [1.29, 1.82) is 0 Å². The smallest absolute Gasteiger partial charge is 0.305 e. The summed E-state index contributed by atoms with van der Waals surface area (Å²) in [6, 6.07) is 0. The fourth-order valence-electron chi connectivity index (χ4n) is 5.36. The summed E-state index contributed by atoms with van der Waals surface area (Å²) >= 11 is 0. The van der Waals surface area contributed by atoms with Gasteiger partial charge in [0.2, 0.25) is 0 Å². The first-order valence-electron chi connectivity index (χ1n) is 18.9. The SMILES string of the molecule is FC(F)(F)C(F)(F)C(F)(F)C(F)(F)C(F)(F)C(F)(F)C(F)(F)C(F)(F)C(F)(F)C(F)(F)C(F)(F)C(F)(F)C(F)(F)C(F)(F)CNCC(F)(F)C(F)(F)C(F)(F)C(F)(F)C(F)(F)C(F)(F)C(F)(F)C(F)(F)C(F)(F)C(F)(F)C(F)(F)C(F)(F)C(F)(F)C(F)(F)F. The fraction of sp³-hybridized carbons (Fsp3) is 1.00. The Morgan fingerprint density at radius 3 is 0.281 bits per heavy atom. The molecule has 0 aromatic carbocycles. The molecule has 0 amide bonds. The van der Waals surface area contributed by atoms with Crippen LogP contribution in [0.2, 0.25) is 0 Å². The van der Waals surface area contributed by atoms with Crippen LogP contribution in [-0.2, 0) is 0 Å². The quantitative estimate of drug-likeness (QED) is 0.0770. The lowest BCUT2D eigenvalue weighted by Crippen LogP contribution is -2.79. The number of hydrogen-bond acceptors (Lipinski definition) is 1. The van der Waals surface area contributed by atoms with E-state index in [-0.39, 0.29) is 0 Å². The lowest BCUT2D eigenvalue weighted by atomic mass is 9.83. The van der Waals surface area contributed by atoms with Crippen molar-refractivity contribution in [1.82, 2.24) is 5.32 Å². The van der Waals surface area contributed by atoms with Crippen molar-refractivity contribution in [3.05, 3.63) is 0 Å². The maximum Gasteiger partial charge on any atom is 0.460 e. The molecule has 0 aliphatic rings. The van der Waals surface area contributed by atoms with Gasteiger partial charge in [-0.1, -0.05) is 0 Å². The van der Waals surface area contributed by atoms with Gasteiger partial charge in [0.15, 0.2) is 0 Å². The summed E-state index contributed by atoms with van der Waals surface area (Å²) < 4.78 is 793. The highest BCUT2D eigenvalue weighted by atomic mass is 19.5. The lowest BCUT2D eigenvalue weighted by Gasteiger charge is -2.46. The molecule has 59 heteroatoms. The standard InChI is InChI=1S/C30H5F58N/c31-3(32,5(35,36)7(39,40)9(43,44)11(47,48)13(51,52)15(55,56)17(59,60)19(63,64)21(67,68)23(71,72)25(75,76)27(79,80)29(83,84)85)1-89-2-4(33,34)6(37,38)8(41,42)10(45,46)12(49,50)14(53,54)16(57,58)18(61,62)20(65,66)22(69,70)24(73,74)26(77,78)28(81,82)30(86,87)88/h89H,1-2H2. The number of alkyl halides is 58. The Hall–Kier alpha value is -4.10. The molecule has 0 saturated carbocycles. The Bertz CT molecular complexity index is 2330. The topological polar surface area (TPSA) is 12.0 Å². The third-order valence-electron chi connectivity index (χ3n) is 11.0. The molecule has 0 fully saturated rings. The first kappa shape index (κ1) is 84.9. The van der Waals surface area contributed by atoms with Gasteiger partial charge in [-0.25, -0.2) is 0 Å². The summed E-state index contributed by atoms with van der Waals surface area (Å²) in [7, 11) is 0. The molecule has 0 aromatic rings. The van der Waals surface area contributed by atoms with Crippen LogP contribution in [0.5, 0.6) is 0 Å². The van der Waals surface area contributed by atoms with Gasteiger partial charge < -0.3 is 5.32 Å². The van der Waals surface area contributed by atoms with Crippen LogP contribution >= 0.6 is 0 Å². The predicted molar refractivity (Wildman–Crippen MR) is 154 cm³/mol. The highest BCUT2D eigenvalue weighted by molar-refractivity contribution is 5.24. The molecular formula is C30H5F58N. The summed E-state index contributed by atoms with van der Waals surface area (Å²) in [5, 5.41) is -1.19. The fourth-order valence-corrected chi connectivity index (χ4v) is 5.36. The van der Waals surface area contributed by atoms with Gasteiger partial charge in [-0.2, -0.15) is 255 Å². The Morgan fingerprint density at radius 2 is 0.191 bits per heavy atom. The summed E-state index contributed by atoms with van der Waals surface area (Å²) in [5.74, 6) is -260. The van der Waals surface area contributed by atoms with Crippen molar-refractivity contribution >= 4 is 0 Å². The Morgan fingerprint density at radius 1 is 0.112 bits per heavy atom. The second kappa shape index (κ2) is 20.7. The Balaban J connectivity index is 7.63. The van der Waals surface area contributed by atoms with Crippen LogP contribution in [0.15, 0.2) is 0 Å². The average molecular weight is 1480 g/mol. The second-order valence-corrected chi connectivity index (χ2v) is 16.8. The summed E-state index contributed by atoms with van der Waals surface area (Å²) in [5.41, 5.74) is 0. The van der Waals surface area contributed by atoms with Crippen LogP contribution in [-0.4, -0.2) is 179 Å². The third kappa shape index (κ3) is 9.94. The molecule has 0 spiro atoms. The second-order valence-electron chi connectivity index (χ2n) is 16.8. The van der Waals surface area contributed by atoms with Gasteiger partial charge in [0.1, 0.15) is 0 Å². The van der Waals surface area contributed by atoms with Gasteiger partial charge in [0.25, 0.3) is 0 Å². The van der Waals surface area contributed by atoms with Gasteiger partial charge in [-0.3, -0.25) is 0 Å². The molecule has 0 bridgehead atoms. The van der Waals surface area contributed by atoms with E-state index in [1.165, 1.54) is 0 Å². The number of hydrogen-bond donors (Lipinski definition) is 1. The molecule has 536 valence electrons. The minimum absolute atomic E-state index is 1.19. The molecule has 0 rings (SSSR count). The maximum absolute atomic E-state index is 14.2. The zero-order valence-electron chi connectivity index (χ0n) is 37.8. The highest BCUT2D eigenvalue weighted by Crippen LogP contribution is 2.72. The van der Waals surface area contributed by atoms with E-state index in [1.54, 1.807) is 0 Å². The number of halogens is 58. The Labute approximate surface area is 440 Å². The zero-order chi connectivity index (χ0) is 74.1. The Kier molecular flexibility index (Phi) is 19.7. The minimum atomic E-state index is -10.5. The van der Waals surface area contributed by atoms with Crippen LogP contribution in [0.1, 0.15) is 0 Å². The molecule has 0 heterocycles. The zero-order valence-corrected chi connectivity index (χ0v) is 37.8. The number of rotatable bonds is 28. The van der Waals surface area contributed by atoms with E-state index >= 15 is 0 Å².